The monoisotopic (exact) mass is 212 g/mol. The highest BCUT2D eigenvalue weighted by atomic mass is 14.4. The summed E-state index contributed by atoms with van der Waals surface area (Å²) >= 11 is 0. The van der Waals surface area contributed by atoms with Gasteiger partial charge in [0.1, 0.15) is 0 Å². The van der Waals surface area contributed by atoms with Crippen molar-refractivity contribution in [3.63, 3.8) is 0 Å². The van der Waals surface area contributed by atoms with Crippen molar-refractivity contribution in [3.8, 4) is 0 Å². The van der Waals surface area contributed by atoms with Crippen molar-refractivity contribution in [2.24, 2.45) is 22.7 Å². The van der Waals surface area contributed by atoms with Gasteiger partial charge in [-0.15, -0.1) is 0 Å². The summed E-state index contributed by atoms with van der Waals surface area (Å²) < 4.78 is 0. The number of hydrogen-bond donors (Lipinski definition) is 0. The van der Waals surface area contributed by atoms with E-state index < -0.39 is 0 Å². The van der Waals surface area contributed by atoms with Crippen LogP contribution in [0.5, 0.6) is 0 Å². The standard InChI is InChI=1S/C15H32/c1-9-13(10-2)12(3)11-15(7,8)14(4,5)6/h12-13H,9-11H2,1-8H3. The van der Waals surface area contributed by atoms with E-state index in [4.69, 9.17) is 0 Å². The maximum absolute atomic E-state index is 2.44. The molecule has 0 bridgehead atoms. The molecular weight excluding hydrogens is 180 g/mol. The van der Waals surface area contributed by atoms with Gasteiger partial charge in [-0.3, -0.25) is 0 Å². The lowest BCUT2D eigenvalue weighted by Crippen LogP contribution is -2.32. The van der Waals surface area contributed by atoms with E-state index in [1.54, 1.807) is 0 Å². The minimum atomic E-state index is 0.410. The maximum Gasteiger partial charge on any atom is -0.0303 e. The zero-order valence-electron chi connectivity index (χ0n) is 12.3. The molecule has 0 heteroatoms. The largest absolute Gasteiger partial charge is 0.0651 e. The molecule has 0 aliphatic rings. The highest BCUT2D eigenvalue weighted by Gasteiger charge is 2.34. The van der Waals surface area contributed by atoms with Crippen LogP contribution < -0.4 is 0 Å². The normalized spacial score (nSPS) is 15.8. The van der Waals surface area contributed by atoms with Crippen molar-refractivity contribution >= 4 is 0 Å². The van der Waals surface area contributed by atoms with Crippen LogP contribution in [0.25, 0.3) is 0 Å². The van der Waals surface area contributed by atoms with Crippen molar-refractivity contribution in [1.82, 2.24) is 0 Å². The fraction of sp³-hybridized carbons (Fsp3) is 1.00. The van der Waals surface area contributed by atoms with E-state index in [2.05, 4.69) is 55.4 Å². The Balaban J connectivity index is 4.45. The predicted molar refractivity (Wildman–Crippen MR) is 71.1 cm³/mol. The van der Waals surface area contributed by atoms with Crippen LogP contribution in [0.2, 0.25) is 0 Å². The summed E-state index contributed by atoms with van der Waals surface area (Å²) in [5.74, 6) is 1.76. The molecule has 0 nitrogen and oxygen atoms in total. The Kier molecular flexibility index (Phi) is 5.37. The lowest BCUT2D eigenvalue weighted by molar-refractivity contribution is 0.0821. The van der Waals surface area contributed by atoms with Gasteiger partial charge in [0.15, 0.2) is 0 Å². The summed E-state index contributed by atoms with van der Waals surface area (Å²) in [6.07, 6.45) is 4.01. The lowest BCUT2D eigenvalue weighted by Gasteiger charge is -2.42. The van der Waals surface area contributed by atoms with E-state index in [1.807, 2.05) is 0 Å². The van der Waals surface area contributed by atoms with Gasteiger partial charge in [0.05, 0.1) is 0 Å². The molecule has 0 radical (unpaired) electrons. The molecule has 0 spiro atoms. The first-order valence-electron chi connectivity index (χ1n) is 6.65. The Hall–Kier alpha value is 0. The molecule has 1 unspecified atom stereocenters. The lowest BCUT2D eigenvalue weighted by atomic mass is 9.63. The van der Waals surface area contributed by atoms with Gasteiger partial charge >= 0.3 is 0 Å². The van der Waals surface area contributed by atoms with E-state index in [0.717, 1.165) is 11.8 Å². The van der Waals surface area contributed by atoms with E-state index in [0.29, 0.717) is 10.8 Å². The van der Waals surface area contributed by atoms with Gasteiger partial charge in [-0.05, 0) is 29.1 Å². The van der Waals surface area contributed by atoms with E-state index in [1.165, 1.54) is 19.3 Å². The fourth-order valence-electron chi connectivity index (χ4n) is 2.37. The average Bonchev–Trinajstić information content (AvgIpc) is 2.03. The Morgan fingerprint density at radius 3 is 1.53 bits per heavy atom. The second kappa shape index (κ2) is 5.37. The molecule has 0 aliphatic heterocycles. The minimum Gasteiger partial charge on any atom is -0.0651 e. The second-order valence-electron chi connectivity index (χ2n) is 6.89. The average molecular weight is 212 g/mol. The first-order valence-corrected chi connectivity index (χ1v) is 6.65. The van der Waals surface area contributed by atoms with E-state index >= 15 is 0 Å². The van der Waals surface area contributed by atoms with Gasteiger partial charge in [0, 0.05) is 0 Å². The molecule has 0 aromatic rings. The summed E-state index contributed by atoms with van der Waals surface area (Å²) in [6.45, 7) is 19.0. The Morgan fingerprint density at radius 1 is 0.867 bits per heavy atom. The van der Waals surface area contributed by atoms with Crippen LogP contribution in [0, 0.1) is 22.7 Å². The second-order valence-corrected chi connectivity index (χ2v) is 6.89. The van der Waals surface area contributed by atoms with Crippen LogP contribution in [-0.2, 0) is 0 Å². The quantitative estimate of drug-likeness (QED) is 0.563. The molecule has 0 aromatic carbocycles. The summed E-state index contributed by atoms with van der Waals surface area (Å²) in [4.78, 5) is 0. The zero-order chi connectivity index (χ0) is 12.3. The van der Waals surface area contributed by atoms with Crippen LogP contribution in [0.15, 0.2) is 0 Å². The van der Waals surface area contributed by atoms with Crippen LogP contribution in [0.4, 0.5) is 0 Å². The molecule has 0 saturated carbocycles. The number of hydrogen-bond acceptors (Lipinski definition) is 0. The summed E-state index contributed by atoms with van der Waals surface area (Å²) in [6, 6.07) is 0. The molecule has 1 atom stereocenters. The molecule has 0 amide bonds. The number of rotatable bonds is 5. The van der Waals surface area contributed by atoms with Crippen LogP contribution in [0.1, 0.15) is 74.7 Å². The van der Waals surface area contributed by atoms with Gasteiger partial charge < -0.3 is 0 Å². The van der Waals surface area contributed by atoms with Crippen molar-refractivity contribution in [3.05, 3.63) is 0 Å². The van der Waals surface area contributed by atoms with Gasteiger partial charge in [-0.2, -0.15) is 0 Å². The third-order valence-corrected chi connectivity index (χ3v) is 4.72. The molecule has 0 aliphatic carbocycles. The molecule has 0 N–H and O–H groups in total. The van der Waals surface area contributed by atoms with Gasteiger partial charge in [0.2, 0.25) is 0 Å². The first-order chi connectivity index (χ1) is 6.65. The van der Waals surface area contributed by atoms with Crippen molar-refractivity contribution in [1.29, 1.82) is 0 Å². The van der Waals surface area contributed by atoms with Crippen molar-refractivity contribution < 1.29 is 0 Å². The highest BCUT2D eigenvalue weighted by molar-refractivity contribution is 4.85. The third kappa shape index (κ3) is 4.17. The molecular formula is C15H32. The minimum absolute atomic E-state index is 0.410. The first kappa shape index (κ1) is 15.0. The summed E-state index contributed by atoms with van der Waals surface area (Å²) in [7, 11) is 0. The smallest absolute Gasteiger partial charge is 0.0303 e. The summed E-state index contributed by atoms with van der Waals surface area (Å²) in [5, 5.41) is 0. The molecule has 0 heterocycles. The molecule has 0 rings (SSSR count). The maximum atomic E-state index is 2.44. The molecule has 0 saturated heterocycles. The predicted octanol–water partition coefficient (Wildman–Crippen LogP) is 5.52. The third-order valence-electron chi connectivity index (χ3n) is 4.72. The fourth-order valence-corrected chi connectivity index (χ4v) is 2.37. The topological polar surface area (TPSA) is 0 Å². The van der Waals surface area contributed by atoms with Crippen LogP contribution in [-0.4, -0.2) is 0 Å². The van der Waals surface area contributed by atoms with Crippen LogP contribution >= 0.6 is 0 Å². The molecule has 0 fully saturated rings. The Bertz CT molecular complexity index is 167. The Labute approximate surface area is 97.8 Å². The summed E-state index contributed by atoms with van der Waals surface area (Å²) in [5.41, 5.74) is 0.850. The van der Waals surface area contributed by atoms with Gasteiger partial charge in [-0.25, -0.2) is 0 Å². The molecule has 0 aromatic heterocycles. The SMILES string of the molecule is CCC(CC)C(C)CC(C)(C)C(C)(C)C. The van der Waals surface area contributed by atoms with Crippen molar-refractivity contribution in [2.75, 3.05) is 0 Å². The van der Waals surface area contributed by atoms with Crippen molar-refractivity contribution in [2.45, 2.75) is 74.7 Å². The van der Waals surface area contributed by atoms with E-state index in [9.17, 15) is 0 Å². The highest BCUT2D eigenvalue weighted by Crippen LogP contribution is 2.44. The van der Waals surface area contributed by atoms with E-state index in [-0.39, 0.29) is 0 Å². The van der Waals surface area contributed by atoms with Gasteiger partial charge in [0.25, 0.3) is 0 Å². The van der Waals surface area contributed by atoms with Gasteiger partial charge in [-0.1, -0.05) is 68.2 Å². The molecule has 92 valence electrons. The van der Waals surface area contributed by atoms with Crippen LogP contribution in [0.3, 0.4) is 0 Å². The molecule has 15 heavy (non-hydrogen) atoms. The zero-order valence-corrected chi connectivity index (χ0v) is 12.3. The Morgan fingerprint density at radius 2 is 1.27 bits per heavy atom.